The van der Waals surface area contributed by atoms with Crippen LogP contribution in [0.2, 0.25) is 0 Å². The Morgan fingerprint density at radius 3 is 1.77 bits per heavy atom. The average molecular weight is 358 g/mol. The smallest absolute Gasteiger partial charge is 0.109 e. The van der Waals surface area contributed by atoms with Crippen molar-refractivity contribution in [1.29, 1.82) is 0 Å². The summed E-state index contributed by atoms with van der Waals surface area (Å²) in [4.78, 5) is 18.1. The molecule has 0 unspecified atom stereocenters. The van der Waals surface area contributed by atoms with Crippen molar-refractivity contribution in [3.8, 4) is 0 Å². The molecule has 0 amide bonds. The summed E-state index contributed by atoms with van der Waals surface area (Å²) < 4.78 is 2.94. The van der Waals surface area contributed by atoms with Crippen molar-refractivity contribution < 1.29 is 26.4 Å². The van der Waals surface area contributed by atoms with Crippen LogP contribution in [0.15, 0.2) is 18.2 Å². The van der Waals surface area contributed by atoms with Gasteiger partial charge in [-0.2, -0.15) is 6.08 Å². The fourth-order valence-electron chi connectivity index (χ4n) is 0.354. The van der Waals surface area contributed by atoms with Gasteiger partial charge >= 0.3 is 35.2 Å². The van der Waals surface area contributed by atoms with Crippen LogP contribution in [0.3, 0.4) is 0 Å². The van der Waals surface area contributed by atoms with E-state index >= 15 is 0 Å². The van der Waals surface area contributed by atoms with Gasteiger partial charge in [-0.15, -0.1) is 6.42 Å². The molecular weight excluding hydrogens is 344 g/mol. The second-order valence-electron chi connectivity index (χ2n) is 1.22. The monoisotopic (exact) mass is 359 g/mol. The molecule has 3 heteroatoms. The fraction of sp³-hybridized carbons (Fsp3) is 0.100. The molecule has 0 spiro atoms. The Morgan fingerprint density at radius 1 is 1.15 bits per heavy atom. The molecule has 2 nitrogen and oxygen atoms in total. The Morgan fingerprint density at radius 2 is 1.69 bits per heavy atom. The van der Waals surface area contributed by atoms with Crippen LogP contribution in [-0.2, 0) is 26.4 Å². The van der Waals surface area contributed by atoms with Crippen molar-refractivity contribution in [3.63, 3.8) is 0 Å². The first kappa shape index (κ1) is 22.8. The molecule has 1 rings (SSSR count). The van der Waals surface area contributed by atoms with E-state index in [1.807, 2.05) is 12.2 Å². The third kappa shape index (κ3) is 24.6. The predicted octanol–water partition coefficient (Wildman–Crippen LogP) is 1.86. The minimum absolute atomic E-state index is 0. The largest absolute Gasteiger partial charge is 0.358 e. The average Bonchev–Trinajstić information content (AvgIpc) is 2.44. The third-order valence-electron chi connectivity index (χ3n) is 0.654. The van der Waals surface area contributed by atoms with E-state index in [9.17, 15) is 0 Å². The first-order chi connectivity index (χ1) is 4.91. The van der Waals surface area contributed by atoms with Crippen LogP contribution >= 0.6 is 0 Å². The summed E-state index contributed by atoms with van der Waals surface area (Å²) in [5, 5.41) is 0. The Kier molecular flexibility index (Phi) is 39.4. The quantitative estimate of drug-likeness (QED) is 0.620. The number of rotatable bonds is 0. The van der Waals surface area contributed by atoms with E-state index in [1.165, 1.54) is 8.79 Å². The number of carbonyl (C=O) groups excluding carboxylic acids is 2. The maximum Gasteiger partial charge on any atom is -0.109 e. The fourth-order valence-corrected chi connectivity index (χ4v) is 0.454. The van der Waals surface area contributed by atoms with Gasteiger partial charge in [0.05, 0.1) is 0 Å². The molecule has 0 saturated carbocycles. The zero-order valence-corrected chi connectivity index (χ0v) is 10.5. The SMILES string of the molecule is O=[C]=[Ir]=[C]=O.[C-]1=CC=CC1.[CH3-].[CH3-].[CH3-]. The second-order valence-corrected chi connectivity index (χ2v) is 2.80. The van der Waals surface area contributed by atoms with Crippen molar-refractivity contribution in [1.82, 2.24) is 0 Å². The normalized spacial score (nSPS) is 8.62. The van der Waals surface area contributed by atoms with Gasteiger partial charge in [-0.1, -0.05) is 0 Å². The van der Waals surface area contributed by atoms with Gasteiger partial charge in [0.2, 0.25) is 0 Å². The van der Waals surface area contributed by atoms with Gasteiger partial charge in [-0.05, 0) is 0 Å². The molecule has 0 fully saturated rings. The standard InChI is InChI=1S/C5H5.2CO.3CH3.Ir/c1-2-4-5-3-1;2*1-2;;;;/h1-3H,4H2;;;3*1H3;/q-1;;;3*-1;. The summed E-state index contributed by atoms with van der Waals surface area (Å²) in [6.07, 6.45) is 10.0. The maximum absolute atomic E-state index is 9.07. The molecule has 0 radical (unpaired) electrons. The maximum atomic E-state index is 9.07. The van der Waals surface area contributed by atoms with Crippen LogP contribution < -0.4 is 0 Å². The Balaban J connectivity index is -0.0000000506. The molecule has 0 aromatic heterocycles. The molecule has 1 aliphatic rings. The van der Waals surface area contributed by atoms with Crippen LogP contribution in [0.1, 0.15) is 6.42 Å². The van der Waals surface area contributed by atoms with Crippen LogP contribution in [0.4, 0.5) is 0 Å². The summed E-state index contributed by atoms with van der Waals surface area (Å²) >= 11 is -1.08. The molecule has 0 aromatic rings. The Labute approximate surface area is 88.4 Å². The number of hydrogen-bond donors (Lipinski definition) is 0. The van der Waals surface area contributed by atoms with E-state index in [2.05, 4.69) is 12.2 Å². The molecule has 0 N–H and O–H groups in total. The van der Waals surface area contributed by atoms with Crippen LogP contribution in [0, 0.1) is 28.4 Å². The van der Waals surface area contributed by atoms with Gasteiger partial charge in [0.15, 0.2) is 0 Å². The second kappa shape index (κ2) is 22.5. The van der Waals surface area contributed by atoms with E-state index < -0.39 is 16.8 Å². The summed E-state index contributed by atoms with van der Waals surface area (Å²) in [7, 11) is 0. The van der Waals surface area contributed by atoms with Crippen molar-refractivity contribution in [2.24, 2.45) is 0 Å². The number of allylic oxidation sites excluding steroid dienone is 4. The molecule has 0 atom stereocenters. The van der Waals surface area contributed by atoms with E-state index in [-0.39, 0.29) is 22.3 Å². The van der Waals surface area contributed by atoms with E-state index in [0.717, 1.165) is 6.42 Å². The van der Waals surface area contributed by atoms with Gasteiger partial charge in [0.25, 0.3) is 0 Å². The molecular formula is C10H14IrO2-4. The molecule has 0 bridgehead atoms. The number of hydrogen-bond acceptors (Lipinski definition) is 2. The molecule has 1 aliphatic carbocycles. The summed E-state index contributed by atoms with van der Waals surface area (Å²) in [5.41, 5.74) is 0. The van der Waals surface area contributed by atoms with Gasteiger partial charge in [-0.3, -0.25) is 6.08 Å². The molecule has 0 heterocycles. The van der Waals surface area contributed by atoms with Crippen molar-refractivity contribution in [2.45, 2.75) is 6.42 Å². The van der Waals surface area contributed by atoms with Crippen LogP contribution in [0.5, 0.6) is 0 Å². The van der Waals surface area contributed by atoms with Gasteiger partial charge in [0, 0.05) is 0 Å². The van der Waals surface area contributed by atoms with Crippen LogP contribution in [0.25, 0.3) is 0 Å². The molecule has 0 saturated heterocycles. The van der Waals surface area contributed by atoms with Crippen molar-refractivity contribution >= 4 is 8.79 Å². The molecule has 13 heavy (non-hydrogen) atoms. The first-order valence-electron chi connectivity index (χ1n) is 2.46. The van der Waals surface area contributed by atoms with E-state index in [0.29, 0.717) is 0 Å². The zero-order chi connectivity index (χ0) is 7.66. The minimum atomic E-state index is -1.08. The predicted molar refractivity (Wildman–Crippen MR) is 52.2 cm³/mol. The zero-order valence-electron chi connectivity index (χ0n) is 8.09. The first-order valence-corrected chi connectivity index (χ1v) is 4.85. The summed E-state index contributed by atoms with van der Waals surface area (Å²) in [5.74, 6) is 0. The molecule has 79 valence electrons. The van der Waals surface area contributed by atoms with Crippen molar-refractivity contribution in [3.05, 3.63) is 46.6 Å². The topological polar surface area (TPSA) is 34.1 Å². The minimum Gasteiger partial charge on any atom is -0.358 e. The van der Waals surface area contributed by atoms with Crippen molar-refractivity contribution in [2.75, 3.05) is 0 Å². The van der Waals surface area contributed by atoms with Crippen LogP contribution in [-0.4, -0.2) is 8.79 Å². The van der Waals surface area contributed by atoms with E-state index in [1.54, 1.807) is 0 Å². The summed E-state index contributed by atoms with van der Waals surface area (Å²) in [6.45, 7) is 0. The third-order valence-corrected chi connectivity index (χ3v) is 1.14. The molecule has 0 aromatic carbocycles. The van der Waals surface area contributed by atoms with E-state index in [4.69, 9.17) is 9.59 Å². The van der Waals surface area contributed by atoms with Gasteiger partial charge in [-0.25, -0.2) is 12.2 Å². The molecule has 0 aliphatic heterocycles. The van der Waals surface area contributed by atoms with Gasteiger partial charge < -0.3 is 22.3 Å². The Bertz CT molecular complexity index is 216. The Hall–Kier alpha value is -0.711. The summed E-state index contributed by atoms with van der Waals surface area (Å²) in [6, 6.07) is 0. The van der Waals surface area contributed by atoms with Gasteiger partial charge in [0.1, 0.15) is 0 Å².